The number of amides is 1. The monoisotopic (exact) mass is 430 g/mol. The summed E-state index contributed by atoms with van der Waals surface area (Å²) in [6.45, 7) is 0.00403. The number of H-pyrrole nitrogens is 1. The summed E-state index contributed by atoms with van der Waals surface area (Å²) in [7, 11) is 1.60. The van der Waals surface area contributed by atoms with Gasteiger partial charge in [-0.15, -0.1) is 10.2 Å². The molecule has 0 aliphatic heterocycles. The Hall–Kier alpha value is -2.89. The highest BCUT2D eigenvalue weighted by Gasteiger charge is 2.15. The molecular formula is C17H14N6O2S3. The van der Waals surface area contributed by atoms with Crippen molar-refractivity contribution in [3.05, 3.63) is 45.9 Å². The predicted octanol–water partition coefficient (Wildman–Crippen LogP) is 3.83. The third-order valence-corrected chi connectivity index (χ3v) is 5.73. The minimum Gasteiger partial charge on any atom is -0.497 e. The summed E-state index contributed by atoms with van der Waals surface area (Å²) in [4.78, 5) is 12.5. The van der Waals surface area contributed by atoms with Gasteiger partial charge < -0.3 is 4.74 Å². The molecule has 142 valence electrons. The minimum atomic E-state index is -0.264. The standard InChI is InChI=1S/C17H14N6O2S3/c1-25-12-4-2-10(3-5-12)14-19-22-17(26)23(14)8-13(24)18-16-21-20-15(28-16)11-6-7-27-9-11/h2-7,9H,8H2,1H3,(H,22,26)(H,18,21,24). The van der Waals surface area contributed by atoms with E-state index < -0.39 is 0 Å². The van der Waals surface area contributed by atoms with Crippen LogP contribution in [0.1, 0.15) is 0 Å². The summed E-state index contributed by atoms with van der Waals surface area (Å²) >= 11 is 8.18. The van der Waals surface area contributed by atoms with Crippen LogP contribution >= 0.6 is 34.9 Å². The molecule has 1 aromatic carbocycles. The van der Waals surface area contributed by atoms with Crippen LogP contribution in [0.2, 0.25) is 0 Å². The molecule has 0 atom stereocenters. The number of hydrogen-bond donors (Lipinski definition) is 2. The first-order chi connectivity index (χ1) is 13.6. The van der Waals surface area contributed by atoms with Gasteiger partial charge >= 0.3 is 0 Å². The zero-order valence-electron chi connectivity index (χ0n) is 14.6. The van der Waals surface area contributed by atoms with Crippen molar-refractivity contribution >= 4 is 45.9 Å². The van der Waals surface area contributed by atoms with Crippen LogP contribution in [-0.4, -0.2) is 38.0 Å². The lowest BCUT2D eigenvalue weighted by Gasteiger charge is -2.07. The Balaban J connectivity index is 1.50. The number of rotatable bonds is 6. The second kappa shape index (κ2) is 8.00. The summed E-state index contributed by atoms with van der Waals surface area (Å²) in [5.41, 5.74) is 1.80. The van der Waals surface area contributed by atoms with E-state index in [0.717, 1.165) is 21.9 Å². The lowest BCUT2D eigenvalue weighted by atomic mass is 10.2. The van der Waals surface area contributed by atoms with Crippen molar-refractivity contribution in [1.29, 1.82) is 0 Å². The molecule has 0 bridgehead atoms. The maximum absolute atomic E-state index is 12.5. The van der Waals surface area contributed by atoms with E-state index in [1.165, 1.54) is 11.3 Å². The second-order valence-electron chi connectivity index (χ2n) is 5.64. The quantitative estimate of drug-likeness (QED) is 0.451. The SMILES string of the molecule is COc1ccc(-c2n[nH]c(=S)n2CC(=O)Nc2nnc(-c3ccsc3)s2)cc1. The van der Waals surface area contributed by atoms with Crippen LogP contribution in [-0.2, 0) is 11.3 Å². The van der Waals surface area contributed by atoms with Gasteiger partial charge in [-0.2, -0.15) is 16.4 Å². The van der Waals surface area contributed by atoms with Crippen LogP contribution in [0.15, 0.2) is 41.1 Å². The molecule has 0 aliphatic carbocycles. The van der Waals surface area contributed by atoms with Crippen LogP contribution in [0.25, 0.3) is 22.0 Å². The second-order valence-corrected chi connectivity index (χ2v) is 7.78. The highest BCUT2D eigenvalue weighted by atomic mass is 32.1. The van der Waals surface area contributed by atoms with E-state index in [1.807, 2.05) is 41.1 Å². The van der Waals surface area contributed by atoms with E-state index in [2.05, 4.69) is 25.7 Å². The molecule has 0 saturated heterocycles. The number of methoxy groups -OCH3 is 1. The lowest BCUT2D eigenvalue weighted by molar-refractivity contribution is -0.116. The molecule has 0 unspecified atom stereocenters. The van der Waals surface area contributed by atoms with Gasteiger partial charge in [0.25, 0.3) is 0 Å². The molecule has 0 fully saturated rings. The van der Waals surface area contributed by atoms with Crippen molar-refractivity contribution in [1.82, 2.24) is 25.0 Å². The van der Waals surface area contributed by atoms with Gasteiger partial charge in [0, 0.05) is 16.5 Å². The third kappa shape index (κ3) is 3.86. The fourth-order valence-corrected chi connectivity index (χ4v) is 4.17. The zero-order valence-corrected chi connectivity index (χ0v) is 17.0. The molecule has 0 saturated carbocycles. The number of aromatic amines is 1. The average Bonchev–Trinajstić information content (AvgIpc) is 3.44. The van der Waals surface area contributed by atoms with Gasteiger partial charge in [-0.05, 0) is 47.9 Å². The zero-order chi connectivity index (χ0) is 19.5. The first-order valence-electron chi connectivity index (χ1n) is 8.09. The molecule has 2 N–H and O–H groups in total. The number of anilines is 1. The van der Waals surface area contributed by atoms with Crippen LogP contribution in [0, 0.1) is 4.77 Å². The van der Waals surface area contributed by atoms with Crippen LogP contribution in [0.3, 0.4) is 0 Å². The number of aromatic nitrogens is 5. The minimum absolute atomic E-state index is 0.00403. The molecule has 11 heteroatoms. The van der Waals surface area contributed by atoms with Crippen molar-refractivity contribution < 1.29 is 9.53 Å². The first-order valence-corrected chi connectivity index (χ1v) is 10.3. The van der Waals surface area contributed by atoms with Crippen molar-refractivity contribution in [3.63, 3.8) is 0 Å². The maximum atomic E-state index is 12.5. The van der Waals surface area contributed by atoms with Gasteiger partial charge in [-0.3, -0.25) is 19.8 Å². The third-order valence-electron chi connectivity index (χ3n) is 3.85. The molecule has 3 heterocycles. The molecule has 3 aromatic heterocycles. The van der Waals surface area contributed by atoms with Crippen LogP contribution < -0.4 is 10.1 Å². The number of benzene rings is 1. The number of hydrogen-bond acceptors (Lipinski definition) is 8. The predicted molar refractivity (Wildman–Crippen MR) is 111 cm³/mol. The van der Waals surface area contributed by atoms with Gasteiger partial charge in [0.15, 0.2) is 10.6 Å². The van der Waals surface area contributed by atoms with Crippen molar-refractivity contribution in [3.8, 4) is 27.7 Å². The maximum Gasteiger partial charge on any atom is 0.246 e. The van der Waals surface area contributed by atoms with Gasteiger partial charge in [0.05, 0.1) is 7.11 Å². The number of nitrogens with one attached hydrogen (secondary N) is 2. The first kappa shape index (κ1) is 18.5. The Morgan fingerprint density at radius 3 is 2.79 bits per heavy atom. The van der Waals surface area contributed by atoms with E-state index in [1.54, 1.807) is 23.0 Å². The fourth-order valence-electron chi connectivity index (χ4n) is 2.50. The lowest BCUT2D eigenvalue weighted by Crippen LogP contribution is -2.19. The Labute approximate surface area is 172 Å². The van der Waals surface area contributed by atoms with Crippen LogP contribution in [0.5, 0.6) is 5.75 Å². The van der Waals surface area contributed by atoms with Crippen molar-refractivity contribution in [2.75, 3.05) is 12.4 Å². The molecular weight excluding hydrogens is 416 g/mol. The molecule has 4 aromatic rings. The van der Waals surface area contributed by atoms with Crippen molar-refractivity contribution in [2.45, 2.75) is 6.54 Å². The van der Waals surface area contributed by atoms with Gasteiger partial charge in [-0.1, -0.05) is 11.3 Å². The Kier molecular flexibility index (Phi) is 5.28. The highest BCUT2D eigenvalue weighted by Crippen LogP contribution is 2.28. The van der Waals surface area contributed by atoms with Crippen LogP contribution in [0.4, 0.5) is 5.13 Å². The van der Waals surface area contributed by atoms with Gasteiger partial charge in [0.2, 0.25) is 11.0 Å². The molecule has 1 amide bonds. The summed E-state index contributed by atoms with van der Waals surface area (Å²) in [6, 6.07) is 9.32. The Morgan fingerprint density at radius 1 is 1.25 bits per heavy atom. The summed E-state index contributed by atoms with van der Waals surface area (Å²) in [6.07, 6.45) is 0. The normalized spacial score (nSPS) is 10.8. The Bertz CT molecular complexity index is 1140. The molecule has 4 rings (SSSR count). The Morgan fingerprint density at radius 2 is 2.07 bits per heavy atom. The number of carbonyl (C=O) groups is 1. The number of carbonyl (C=O) groups excluding carboxylic acids is 1. The summed E-state index contributed by atoms with van der Waals surface area (Å²) in [5, 5.41) is 23.0. The molecule has 28 heavy (non-hydrogen) atoms. The molecule has 8 nitrogen and oxygen atoms in total. The molecule has 0 radical (unpaired) electrons. The van der Waals surface area contributed by atoms with E-state index in [0.29, 0.717) is 15.7 Å². The van der Waals surface area contributed by atoms with E-state index in [9.17, 15) is 4.79 Å². The van der Waals surface area contributed by atoms with Gasteiger partial charge in [-0.25, -0.2) is 0 Å². The smallest absolute Gasteiger partial charge is 0.246 e. The van der Waals surface area contributed by atoms with E-state index in [-0.39, 0.29) is 12.5 Å². The van der Waals surface area contributed by atoms with E-state index >= 15 is 0 Å². The average molecular weight is 431 g/mol. The number of thiophene rings is 1. The number of ether oxygens (including phenoxy) is 1. The van der Waals surface area contributed by atoms with Crippen molar-refractivity contribution in [2.24, 2.45) is 0 Å². The number of nitrogens with zero attached hydrogens (tertiary/aromatic N) is 4. The molecule has 0 aliphatic rings. The fraction of sp³-hybridized carbons (Fsp3) is 0.118. The molecule has 0 spiro atoms. The topological polar surface area (TPSA) is 97.7 Å². The highest BCUT2D eigenvalue weighted by molar-refractivity contribution is 7.71. The largest absolute Gasteiger partial charge is 0.497 e. The van der Waals surface area contributed by atoms with Gasteiger partial charge in [0.1, 0.15) is 17.3 Å². The van der Waals surface area contributed by atoms with E-state index in [4.69, 9.17) is 17.0 Å². The summed E-state index contributed by atoms with van der Waals surface area (Å²) < 4.78 is 7.16. The summed E-state index contributed by atoms with van der Waals surface area (Å²) in [5.74, 6) is 1.04.